The van der Waals surface area contributed by atoms with Crippen LogP contribution >= 0.6 is 23.2 Å². The van der Waals surface area contributed by atoms with E-state index in [-0.39, 0.29) is 28.0 Å². The summed E-state index contributed by atoms with van der Waals surface area (Å²) in [6, 6.07) is 4.42. The summed E-state index contributed by atoms with van der Waals surface area (Å²) in [5, 5.41) is 0.183. The van der Waals surface area contributed by atoms with Gasteiger partial charge in [-0.05, 0) is 12.1 Å². The lowest BCUT2D eigenvalue weighted by molar-refractivity contribution is 0.580. The standard InChI is InChI=1S/C11H16Cl2N4O2S/c1-17(2)11(14)15-6-7-16-20(18,19)9-5-3-4-8(12)10(9)13/h3-5,16H,6-7H2,1-2H3,(H2,14,15). The highest BCUT2D eigenvalue weighted by molar-refractivity contribution is 7.89. The van der Waals surface area contributed by atoms with Crippen molar-refractivity contribution < 1.29 is 8.42 Å². The number of hydrogen-bond acceptors (Lipinski definition) is 3. The molecule has 0 bridgehead atoms. The second-order valence-electron chi connectivity index (χ2n) is 4.08. The summed E-state index contributed by atoms with van der Waals surface area (Å²) in [6.45, 7) is 0.334. The third kappa shape index (κ3) is 4.52. The number of nitrogens with two attached hydrogens (primary N) is 1. The Kier molecular flexibility index (Phi) is 6.07. The molecule has 6 nitrogen and oxygen atoms in total. The van der Waals surface area contributed by atoms with Crippen LogP contribution in [0, 0.1) is 0 Å². The third-order valence-corrected chi connectivity index (χ3v) is 4.78. The maximum absolute atomic E-state index is 12.0. The van der Waals surface area contributed by atoms with E-state index in [1.54, 1.807) is 19.0 Å². The van der Waals surface area contributed by atoms with Crippen LogP contribution < -0.4 is 10.5 Å². The first-order chi connectivity index (χ1) is 9.25. The normalized spacial score (nSPS) is 12.5. The van der Waals surface area contributed by atoms with Crippen molar-refractivity contribution in [1.82, 2.24) is 9.62 Å². The van der Waals surface area contributed by atoms with Gasteiger partial charge in [0.05, 0.1) is 16.6 Å². The fourth-order valence-corrected chi connectivity index (χ4v) is 3.04. The largest absolute Gasteiger partial charge is 0.370 e. The van der Waals surface area contributed by atoms with Gasteiger partial charge in [0.2, 0.25) is 10.0 Å². The minimum absolute atomic E-state index is 0.00188. The molecule has 112 valence electrons. The summed E-state index contributed by atoms with van der Waals surface area (Å²) in [5.41, 5.74) is 5.58. The molecule has 0 radical (unpaired) electrons. The van der Waals surface area contributed by atoms with Crippen LogP contribution in [0.1, 0.15) is 0 Å². The third-order valence-electron chi connectivity index (χ3n) is 2.34. The number of guanidine groups is 1. The molecule has 0 aliphatic rings. The van der Waals surface area contributed by atoms with Gasteiger partial charge in [-0.2, -0.15) is 0 Å². The molecule has 1 aromatic carbocycles. The van der Waals surface area contributed by atoms with Crippen LogP contribution in [-0.4, -0.2) is 46.5 Å². The van der Waals surface area contributed by atoms with E-state index in [0.29, 0.717) is 5.96 Å². The van der Waals surface area contributed by atoms with Gasteiger partial charge in [0.25, 0.3) is 0 Å². The molecule has 0 atom stereocenters. The first kappa shape index (κ1) is 17.0. The highest BCUT2D eigenvalue weighted by Gasteiger charge is 2.18. The molecule has 0 aromatic heterocycles. The second-order valence-corrected chi connectivity index (χ2v) is 6.60. The molecular formula is C11H16Cl2N4O2S. The zero-order valence-corrected chi connectivity index (χ0v) is 13.4. The van der Waals surface area contributed by atoms with E-state index < -0.39 is 10.0 Å². The Morgan fingerprint density at radius 1 is 1.40 bits per heavy atom. The number of benzene rings is 1. The minimum atomic E-state index is -3.72. The monoisotopic (exact) mass is 338 g/mol. The van der Waals surface area contributed by atoms with Crippen LogP contribution in [0.15, 0.2) is 28.1 Å². The minimum Gasteiger partial charge on any atom is -0.370 e. The first-order valence-electron chi connectivity index (χ1n) is 5.66. The van der Waals surface area contributed by atoms with Crippen molar-refractivity contribution in [3.8, 4) is 0 Å². The molecule has 20 heavy (non-hydrogen) atoms. The van der Waals surface area contributed by atoms with Gasteiger partial charge < -0.3 is 10.6 Å². The van der Waals surface area contributed by atoms with Crippen molar-refractivity contribution >= 4 is 39.2 Å². The van der Waals surface area contributed by atoms with Gasteiger partial charge in [0.15, 0.2) is 5.96 Å². The molecular weight excluding hydrogens is 323 g/mol. The average Bonchev–Trinajstić information content (AvgIpc) is 2.37. The summed E-state index contributed by atoms with van der Waals surface area (Å²) in [6.07, 6.45) is 0. The number of hydrogen-bond donors (Lipinski definition) is 2. The van der Waals surface area contributed by atoms with E-state index in [1.807, 2.05) is 0 Å². The molecule has 0 saturated carbocycles. The second kappa shape index (κ2) is 7.12. The van der Waals surface area contributed by atoms with Gasteiger partial charge in [-0.25, -0.2) is 13.1 Å². The van der Waals surface area contributed by atoms with Crippen LogP contribution in [0.25, 0.3) is 0 Å². The van der Waals surface area contributed by atoms with Gasteiger partial charge in [-0.1, -0.05) is 29.3 Å². The van der Waals surface area contributed by atoms with E-state index in [2.05, 4.69) is 9.71 Å². The predicted octanol–water partition coefficient (Wildman–Crippen LogP) is 1.15. The Hall–Kier alpha value is -1.02. The smallest absolute Gasteiger partial charge is 0.242 e. The maximum atomic E-state index is 12.0. The number of rotatable bonds is 5. The van der Waals surface area contributed by atoms with Crippen molar-refractivity contribution in [2.45, 2.75) is 4.90 Å². The number of nitrogens with one attached hydrogen (secondary N) is 1. The molecule has 1 rings (SSSR count). The predicted molar refractivity (Wildman–Crippen MR) is 81.8 cm³/mol. The maximum Gasteiger partial charge on any atom is 0.242 e. The van der Waals surface area contributed by atoms with Crippen LogP contribution in [0.4, 0.5) is 0 Å². The lowest BCUT2D eigenvalue weighted by atomic mass is 10.4. The van der Waals surface area contributed by atoms with E-state index in [0.717, 1.165) is 0 Å². The van der Waals surface area contributed by atoms with Gasteiger partial charge >= 0.3 is 0 Å². The van der Waals surface area contributed by atoms with Crippen LogP contribution in [0.3, 0.4) is 0 Å². The Labute approximate surface area is 128 Å². The van der Waals surface area contributed by atoms with E-state index in [1.165, 1.54) is 18.2 Å². The summed E-state index contributed by atoms with van der Waals surface area (Å²) >= 11 is 11.7. The average molecular weight is 339 g/mol. The number of aliphatic imine (C=N–C) groups is 1. The highest BCUT2D eigenvalue weighted by Crippen LogP contribution is 2.28. The van der Waals surface area contributed by atoms with Gasteiger partial charge in [0.1, 0.15) is 4.90 Å². The van der Waals surface area contributed by atoms with Crippen molar-refractivity contribution in [1.29, 1.82) is 0 Å². The van der Waals surface area contributed by atoms with Crippen molar-refractivity contribution in [3.05, 3.63) is 28.2 Å². The summed E-state index contributed by atoms with van der Waals surface area (Å²) in [7, 11) is -0.232. The van der Waals surface area contributed by atoms with Crippen LogP contribution in [0.5, 0.6) is 0 Å². The van der Waals surface area contributed by atoms with E-state index in [9.17, 15) is 8.42 Å². The Morgan fingerprint density at radius 3 is 2.65 bits per heavy atom. The van der Waals surface area contributed by atoms with Gasteiger partial charge in [0, 0.05) is 20.6 Å². The lowest BCUT2D eigenvalue weighted by Crippen LogP contribution is -2.32. The number of nitrogens with zero attached hydrogens (tertiary/aromatic N) is 2. The highest BCUT2D eigenvalue weighted by atomic mass is 35.5. The molecule has 9 heteroatoms. The fraction of sp³-hybridized carbons (Fsp3) is 0.364. The van der Waals surface area contributed by atoms with E-state index in [4.69, 9.17) is 28.9 Å². The summed E-state index contributed by atoms with van der Waals surface area (Å²) in [5.74, 6) is 0.324. The molecule has 3 N–H and O–H groups in total. The summed E-state index contributed by atoms with van der Waals surface area (Å²) < 4.78 is 26.5. The van der Waals surface area contributed by atoms with Crippen LogP contribution in [-0.2, 0) is 10.0 Å². The Bertz CT molecular complexity index is 602. The fourth-order valence-electron chi connectivity index (χ4n) is 1.26. The zero-order chi connectivity index (χ0) is 15.3. The molecule has 0 fully saturated rings. The zero-order valence-electron chi connectivity index (χ0n) is 11.1. The van der Waals surface area contributed by atoms with Gasteiger partial charge in [-0.15, -0.1) is 0 Å². The first-order valence-corrected chi connectivity index (χ1v) is 7.90. The van der Waals surface area contributed by atoms with Crippen molar-refractivity contribution in [2.75, 3.05) is 27.2 Å². The number of sulfonamides is 1. The molecule has 0 unspecified atom stereocenters. The molecule has 0 spiro atoms. The van der Waals surface area contributed by atoms with Gasteiger partial charge in [-0.3, -0.25) is 4.99 Å². The Balaban J connectivity index is 2.72. The Morgan fingerprint density at radius 2 is 2.05 bits per heavy atom. The van der Waals surface area contributed by atoms with Crippen molar-refractivity contribution in [3.63, 3.8) is 0 Å². The molecule has 0 saturated heterocycles. The molecule has 0 heterocycles. The molecule has 0 aliphatic carbocycles. The quantitative estimate of drug-likeness (QED) is 0.479. The molecule has 0 aliphatic heterocycles. The molecule has 0 amide bonds. The SMILES string of the molecule is CN(C)C(N)=NCCNS(=O)(=O)c1cccc(Cl)c1Cl. The number of halogens is 2. The lowest BCUT2D eigenvalue weighted by Gasteiger charge is -2.11. The van der Waals surface area contributed by atoms with Crippen molar-refractivity contribution in [2.24, 2.45) is 10.7 Å². The van der Waals surface area contributed by atoms with E-state index >= 15 is 0 Å². The van der Waals surface area contributed by atoms with Crippen LogP contribution in [0.2, 0.25) is 10.0 Å². The topological polar surface area (TPSA) is 87.8 Å². The summed E-state index contributed by atoms with van der Waals surface area (Å²) in [4.78, 5) is 5.56. The molecule has 1 aromatic rings.